The molecule has 2 saturated heterocycles. The van der Waals surface area contributed by atoms with Crippen molar-refractivity contribution in [1.82, 2.24) is 4.90 Å². The highest BCUT2D eigenvalue weighted by atomic mass is 16.5. The van der Waals surface area contributed by atoms with Gasteiger partial charge in [-0.25, -0.2) is 0 Å². The number of methoxy groups -OCH3 is 1. The first-order chi connectivity index (χ1) is 16.4. The molecule has 2 fully saturated rings. The average Bonchev–Trinajstić information content (AvgIpc) is 3.52. The topological polar surface area (TPSA) is 106 Å². The minimum atomic E-state index is -0.871. The first kappa shape index (κ1) is 22.3. The van der Waals surface area contributed by atoms with Gasteiger partial charge in [-0.1, -0.05) is 6.07 Å². The molecule has 34 heavy (non-hydrogen) atoms. The third kappa shape index (κ3) is 3.77. The van der Waals surface area contributed by atoms with E-state index >= 15 is 0 Å². The van der Waals surface area contributed by atoms with E-state index in [1.165, 1.54) is 18.1 Å². The second kappa shape index (κ2) is 8.68. The van der Waals surface area contributed by atoms with Crippen molar-refractivity contribution in [2.75, 3.05) is 20.3 Å². The van der Waals surface area contributed by atoms with Crippen molar-refractivity contribution >= 4 is 17.4 Å². The van der Waals surface area contributed by atoms with Gasteiger partial charge in [0.15, 0.2) is 11.5 Å². The highest BCUT2D eigenvalue weighted by molar-refractivity contribution is 6.46. The smallest absolute Gasteiger partial charge is 0.295 e. The largest absolute Gasteiger partial charge is 0.507 e. The molecule has 3 aliphatic rings. The quantitative estimate of drug-likeness (QED) is 0.396. The summed E-state index contributed by atoms with van der Waals surface area (Å²) in [6.07, 6.45) is 2.21. The fourth-order valence-corrected chi connectivity index (χ4v) is 5.02. The number of Topliss-reactive ketones (excluding diaryl/α,β-unsaturated/α-hetero) is 1. The maximum Gasteiger partial charge on any atom is 0.295 e. The molecular weight excluding hydrogens is 438 g/mol. The van der Waals surface area contributed by atoms with Crippen LogP contribution in [0.1, 0.15) is 42.5 Å². The first-order valence-corrected chi connectivity index (χ1v) is 11.4. The number of aliphatic hydroxyl groups is 1. The van der Waals surface area contributed by atoms with Gasteiger partial charge in [-0.05, 0) is 61.2 Å². The van der Waals surface area contributed by atoms with E-state index in [9.17, 15) is 19.8 Å². The number of nitrogens with zero attached hydrogens (tertiary/aromatic N) is 1. The highest BCUT2D eigenvalue weighted by Crippen LogP contribution is 2.43. The number of carbonyl (C=O) groups is 2. The van der Waals surface area contributed by atoms with Gasteiger partial charge in [-0.3, -0.25) is 9.59 Å². The molecule has 1 amide bonds. The SMILES string of the molecule is COc1ccc(C2/C(=C(/O)c3ccc4c(c3)CC(C)O4)C(=O)C(=O)N2CC2CCCO2)cc1O. The molecule has 3 atom stereocenters. The van der Waals surface area contributed by atoms with E-state index in [1.807, 2.05) is 6.92 Å². The Labute approximate surface area is 197 Å². The van der Waals surface area contributed by atoms with E-state index in [-0.39, 0.29) is 41.6 Å². The molecule has 0 aromatic heterocycles. The lowest BCUT2D eigenvalue weighted by atomic mass is 9.94. The summed E-state index contributed by atoms with van der Waals surface area (Å²) in [6, 6.07) is 9.10. The monoisotopic (exact) mass is 465 g/mol. The van der Waals surface area contributed by atoms with E-state index in [1.54, 1.807) is 30.3 Å². The summed E-state index contributed by atoms with van der Waals surface area (Å²) in [5, 5.41) is 21.7. The van der Waals surface area contributed by atoms with E-state index in [4.69, 9.17) is 14.2 Å². The molecular formula is C26H27NO7. The van der Waals surface area contributed by atoms with Crippen molar-refractivity contribution in [2.24, 2.45) is 0 Å². The summed E-state index contributed by atoms with van der Waals surface area (Å²) in [4.78, 5) is 27.8. The lowest BCUT2D eigenvalue weighted by Gasteiger charge is -2.27. The molecule has 5 rings (SSSR count). The molecule has 8 heteroatoms. The van der Waals surface area contributed by atoms with Crippen LogP contribution in [0, 0.1) is 0 Å². The molecule has 0 aliphatic carbocycles. The lowest BCUT2D eigenvalue weighted by molar-refractivity contribution is -0.140. The van der Waals surface area contributed by atoms with Gasteiger partial charge in [0.2, 0.25) is 0 Å². The molecule has 0 saturated carbocycles. The number of aliphatic hydroxyl groups excluding tert-OH is 1. The number of fused-ring (bicyclic) bond motifs is 1. The second-order valence-electron chi connectivity index (χ2n) is 8.97. The zero-order valence-corrected chi connectivity index (χ0v) is 19.1. The van der Waals surface area contributed by atoms with Crippen molar-refractivity contribution in [3.8, 4) is 17.2 Å². The maximum atomic E-state index is 13.2. The zero-order valence-electron chi connectivity index (χ0n) is 19.1. The van der Waals surface area contributed by atoms with Crippen molar-refractivity contribution < 1.29 is 34.0 Å². The van der Waals surface area contributed by atoms with Crippen LogP contribution in [-0.4, -0.2) is 59.3 Å². The molecule has 3 heterocycles. The normalized spacial score (nSPS) is 25.5. The summed E-state index contributed by atoms with van der Waals surface area (Å²) in [7, 11) is 1.44. The van der Waals surface area contributed by atoms with Gasteiger partial charge in [0.25, 0.3) is 11.7 Å². The predicted molar refractivity (Wildman–Crippen MR) is 123 cm³/mol. The van der Waals surface area contributed by atoms with Crippen LogP contribution in [0.5, 0.6) is 17.2 Å². The number of phenols is 1. The van der Waals surface area contributed by atoms with Crippen LogP contribution < -0.4 is 9.47 Å². The lowest BCUT2D eigenvalue weighted by Crippen LogP contribution is -2.36. The number of carbonyl (C=O) groups excluding carboxylic acids is 2. The van der Waals surface area contributed by atoms with Crippen molar-refractivity contribution in [3.05, 3.63) is 58.7 Å². The van der Waals surface area contributed by atoms with Crippen LogP contribution in [0.15, 0.2) is 42.0 Å². The number of phenolic OH excluding ortho intramolecular Hbond substituents is 1. The van der Waals surface area contributed by atoms with Crippen molar-refractivity contribution in [2.45, 2.75) is 44.4 Å². The third-order valence-electron chi connectivity index (χ3n) is 6.65. The minimum absolute atomic E-state index is 0.0144. The van der Waals surface area contributed by atoms with Crippen molar-refractivity contribution in [3.63, 3.8) is 0 Å². The maximum absolute atomic E-state index is 13.2. The number of rotatable bonds is 5. The van der Waals surface area contributed by atoms with Gasteiger partial charge in [0.1, 0.15) is 17.6 Å². The number of likely N-dealkylation sites (tertiary alicyclic amines) is 1. The van der Waals surface area contributed by atoms with Gasteiger partial charge in [0.05, 0.1) is 24.8 Å². The van der Waals surface area contributed by atoms with Gasteiger partial charge in [0, 0.05) is 25.1 Å². The molecule has 3 aliphatic heterocycles. The number of hydrogen-bond donors (Lipinski definition) is 2. The van der Waals surface area contributed by atoms with Crippen molar-refractivity contribution in [1.29, 1.82) is 0 Å². The van der Waals surface area contributed by atoms with Gasteiger partial charge in [-0.15, -0.1) is 0 Å². The Hall–Kier alpha value is -3.52. The first-order valence-electron chi connectivity index (χ1n) is 11.4. The summed E-state index contributed by atoms with van der Waals surface area (Å²) in [5.41, 5.74) is 1.85. The Morgan fingerprint density at radius 2 is 2.03 bits per heavy atom. The summed E-state index contributed by atoms with van der Waals surface area (Å²) >= 11 is 0. The fourth-order valence-electron chi connectivity index (χ4n) is 5.02. The summed E-state index contributed by atoms with van der Waals surface area (Å²) in [5.74, 6) is -0.814. The molecule has 0 radical (unpaired) electrons. The third-order valence-corrected chi connectivity index (χ3v) is 6.65. The predicted octanol–water partition coefficient (Wildman–Crippen LogP) is 3.32. The highest BCUT2D eigenvalue weighted by Gasteiger charge is 2.47. The van der Waals surface area contributed by atoms with Crippen LogP contribution in [0.25, 0.3) is 5.76 Å². The van der Waals surface area contributed by atoms with Gasteiger partial charge < -0.3 is 29.3 Å². The van der Waals surface area contributed by atoms with E-state index in [2.05, 4.69) is 0 Å². The Bertz CT molecular complexity index is 1180. The number of hydrogen-bond acceptors (Lipinski definition) is 7. The summed E-state index contributed by atoms with van der Waals surface area (Å²) < 4.78 is 16.6. The molecule has 0 bridgehead atoms. The number of ketones is 1. The van der Waals surface area contributed by atoms with Crippen LogP contribution in [-0.2, 0) is 20.7 Å². The summed E-state index contributed by atoms with van der Waals surface area (Å²) in [6.45, 7) is 2.79. The molecule has 2 N–H and O–H groups in total. The molecule has 2 aromatic rings. The van der Waals surface area contributed by atoms with E-state index in [0.717, 1.165) is 24.2 Å². The molecule has 178 valence electrons. The Kier molecular flexibility index (Phi) is 5.69. The minimum Gasteiger partial charge on any atom is -0.507 e. The van der Waals surface area contributed by atoms with Gasteiger partial charge >= 0.3 is 0 Å². The van der Waals surface area contributed by atoms with Crippen LogP contribution in [0.2, 0.25) is 0 Å². The molecule has 0 spiro atoms. The number of amides is 1. The van der Waals surface area contributed by atoms with Crippen LogP contribution >= 0.6 is 0 Å². The van der Waals surface area contributed by atoms with E-state index in [0.29, 0.717) is 24.2 Å². The Morgan fingerprint density at radius 1 is 1.21 bits per heavy atom. The molecule has 8 nitrogen and oxygen atoms in total. The van der Waals surface area contributed by atoms with Crippen LogP contribution in [0.3, 0.4) is 0 Å². The fraction of sp³-hybridized carbons (Fsp3) is 0.385. The molecule has 2 aromatic carbocycles. The van der Waals surface area contributed by atoms with E-state index < -0.39 is 17.7 Å². The Balaban J connectivity index is 1.61. The Morgan fingerprint density at radius 3 is 2.74 bits per heavy atom. The second-order valence-corrected chi connectivity index (χ2v) is 8.97. The number of aromatic hydroxyl groups is 1. The number of ether oxygens (including phenoxy) is 3. The zero-order chi connectivity index (χ0) is 24.0. The molecule has 3 unspecified atom stereocenters. The average molecular weight is 466 g/mol. The van der Waals surface area contributed by atoms with Crippen LogP contribution in [0.4, 0.5) is 0 Å². The van der Waals surface area contributed by atoms with Gasteiger partial charge in [-0.2, -0.15) is 0 Å². The standard InChI is InChI=1S/C26H27NO7/c1-14-10-17-11-16(6-7-20(17)34-14)24(29)22-23(15-5-8-21(32-2)19(28)12-15)27(26(31)25(22)30)13-18-4-3-9-33-18/h5-8,11-12,14,18,23,28-29H,3-4,9-10,13H2,1-2H3/b24-22-. The number of benzene rings is 2.